The quantitative estimate of drug-likeness (QED) is 0.420. The van der Waals surface area contributed by atoms with Crippen molar-refractivity contribution in [2.75, 3.05) is 26.3 Å². The number of ether oxygens (including phenoxy) is 1. The van der Waals surface area contributed by atoms with Gasteiger partial charge in [-0.05, 0) is 68.9 Å². The molecule has 236 valence electrons. The lowest BCUT2D eigenvalue weighted by Crippen LogP contribution is -2.58. The van der Waals surface area contributed by atoms with Gasteiger partial charge >= 0.3 is 0 Å². The largest absolute Gasteiger partial charge is 0.381 e. The number of carbonyl (C=O) groups is 3. The third kappa shape index (κ3) is 6.82. The Labute approximate surface area is 268 Å². The van der Waals surface area contributed by atoms with Crippen molar-refractivity contribution >= 4 is 29.3 Å². The van der Waals surface area contributed by atoms with E-state index in [1.807, 2.05) is 54.3 Å². The van der Waals surface area contributed by atoms with Gasteiger partial charge in [-0.3, -0.25) is 14.4 Å². The van der Waals surface area contributed by atoms with E-state index < -0.39 is 11.5 Å². The Morgan fingerprint density at radius 2 is 1.80 bits per heavy atom. The first-order valence-corrected chi connectivity index (χ1v) is 16.1. The molecule has 3 aromatic rings. The van der Waals surface area contributed by atoms with Gasteiger partial charge in [-0.1, -0.05) is 59.3 Å². The Hall–Kier alpha value is -4.02. The van der Waals surface area contributed by atoms with E-state index in [-0.39, 0.29) is 29.7 Å². The van der Waals surface area contributed by atoms with Crippen molar-refractivity contribution in [1.82, 2.24) is 30.5 Å². The van der Waals surface area contributed by atoms with Gasteiger partial charge in [0.15, 0.2) is 5.69 Å². The molecule has 6 rings (SSSR count). The summed E-state index contributed by atoms with van der Waals surface area (Å²) in [4.78, 5) is 43.2. The van der Waals surface area contributed by atoms with Crippen molar-refractivity contribution in [2.24, 2.45) is 11.3 Å². The first-order chi connectivity index (χ1) is 21.8. The second kappa shape index (κ2) is 13.5. The first-order valence-electron chi connectivity index (χ1n) is 15.7. The van der Waals surface area contributed by atoms with Gasteiger partial charge < -0.3 is 20.3 Å². The lowest BCUT2D eigenvalue weighted by molar-refractivity contribution is -0.140. The second-order valence-corrected chi connectivity index (χ2v) is 12.8. The zero-order valence-electron chi connectivity index (χ0n) is 25.5. The van der Waals surface area contributed by atoms with Gasteiger partial charge in [-0.15, -0.1) is 5.10 Å². The summed E-state index contributed by atoms with van der Waals surface area (Å²) in [6.07, 6.45) is 7.64. The number of benzene rings is 2. The highest BCUT2D eigenvalue weighted by Crippen LogP contribution is 2.36. The normalized spacial score (nSPS) is 24.5. The van der Waals surface area contributed by atoms with E-state index >= 15 is 0 Å². The van der Waals surface area contributed by atoms with Crippen LogP contribution in [0.1, 0.15) is 53.8 Å². The number of nitrogens with zero attached hydrogens (tertiary/aromatic N) is 4. The van der Waals surface area contributed by atoms with Crippen LogP contribution in [0.5, 0.6) is 0 Å². The number of nitrogens with one attached hydrogen (secondary N) is 2. The standard InChI is InChI=1S/C34H39ClN6O4/c1-23-30(38-39-41(23)27-12-10-26(35)11-13-27)32(43)40-18-14-28-25(22-40)9-5-6-15-34(16-19-45-20-17-34)33(44)37-29(31(42)36-28)21-24-7-3-2-4-8-24/h2-8,10-13,25,28-29H,9,14-22H2,1H3,(H,36,42)(H,37,44)/b6-5+/t25-,28+,29-/m1/s1. The third-order valence-electron chi connectivity index (χ3n) is 9.47. The summed E-state index contributed by atoms with van der Waals surface area (Å²) in [5.41, 5.74) is 2.09. The van der Waals surface area contributed by atoms with Crippen LogP contribution in [-0.4, -0.2) is 76.0 Å². The fourth-order valence-corrected chi connectivity index (χ4v) is 6.80. The first kappa shape index (κ1) is 31.0. The smallest absolute Gasteiger partial charge is 0.276 e. The van der Waals surface area contributed by atoms with Crippen LogP contribution in [-0.2, 0) is 20.7 Å². The summed E-state index contributed by atoms with van der Waals surface area (Å²) in [7, 11) is 0. The predicted molar refractivity (Wildman–Crippen MR) is 170 cm³/mol. The molecule has 3 aliphatic heterocycles. The maximum absolute atomic E-state index is 13.9. The average molecular weight is 631 g/mol. The van der Waals surface area contributed by atoms with E-state index in [4.69, 9.17) is 16.3 Å². The molecule has 3 amide bonds. The molecule has 2 fully saturated rings. The summed E-state index contributed by atoms with van der Waals surface area (Å²) in [5, 5.41) is 15.5. The van der Waals surface area contributed by atoms with Gasteiger partial charge in [0.05, 0.1) is 16.8 Å². The molecule has 1 aromatic heterocycles. The van der Waals surface area contributed by atoms with E-state index in [1.54, 1.807) is 16.8 Å². The average Bonchev–Trinajstić information content (AvgIpc) is 3.44. The summed E-state index contributed by atoms with van der Waals surface area (Å²) in [6, 6.07) is 16.1. The Balaban J connectivity index is 1.23. The minimum Gasteiger partial charge on any atom is -0.381 e. The molecule has 0 bridgehead atoms. The van der Waals surface area contributed by atoms with Gasteiger partial charge in [0.25, 0.3) is 5.91 Å². The van der Waals surface area contributed by atoms with Gasteiger partial charge in [0, 0.05) is 49.7 Å². The Morgan fingerprint density at radius 1 is 1.04 bits per heavy atom. The maximum Gasteiger partial charge on any atom is 0.276 e. The number of fused-ring (bicyclic) bond motifs is 1. The fourth-order valence-electron chi connectivity index (χ4n) is 6.67. The van der Waals surface area contributed by atoms with Crippen LogP contribution in [0.4, 0.5) is 0 Å². The van der Waals surface area contributed by atoms with Crippen molar-refractivity contribution in [3.63, 3.8) is 0 Å². The van der Waals surface area contributed by atoms with Crippen molar-refractivity contribution in [1.29, 1.82) is 0 Å². The fraction of sp³-hybridized carbons (Fsp3) is 0.441. The number of likely N-dealkylation sites (tertiary alicyclic amines) is 1. The van der Waals surface area contributed by atoms with Gasteiger partial charge in [-0.2, -0.15) is 0 Å². The predicted octanol–water partition coefficient (Wildman–Crippen LogP) is 4.05. The van der Waals surface area contributed by atoms with Crippen molar-refractivity contribution in [3.05, 3.63) is 88.7 Å². The number of piperidine rings is 1. The van der Waals surface area contributed by atoms with E-state index in [1.165, 1.54) is 0 Å². The molecule has 0 aliphatic carbocycles. The minimum absolute atomic E-state index is 0.00680. The van der Waals surface area contributed by atoms with Gasteiger partial charge in [-0.25, -0.2) is 4.68 Å². The zero-order chi connectivity index (χ0) is 31.4. The monoisotopic (exact) mass is 630 g/mol. The minimum atomic E-state index is -0.714. The van der Waals surface area contributed by atoms with E-state index in [9.17, 15) is 14.4 Å². The molecule has 1 spiro atoms. The molecular formula is C34H39ClN6O4. The zero-order valence-corrected chi connectivity index (χ0v) is 26.2. The molecule has 2 N–H and O–H groups in total. The van der Waals surface area contributed by atoms with Crippen molar-refractivity contribution in [2.45, 2.75) is 57.5 Å². The van der Waals surface area contributed by atoms with Gasteiger partial charge in [0.2, 0.25) is 11.8 Å². The molecule has 10 nitrogen and oxygen atoms in total. The lowest BCUT2D eigenvalue weighted by Gasteiger charge is -2.40. The molecule has 45 heavy (non-hydrogen) atoms. The lowest BCUT2D eigenvalue weighted by atomic mass is 9.75. The highest BCUT2D eigenvalue weighted by molar-refractivity contribution is 6.30. The molecule has 2 aromatic carbocycles. The SMILES string of the molecule is Cc1c(C(=O)N2CC[C@@H]3NC(=O)[C@@H](Cc4ccccc4)NC(=O)C4(C/C=C/C[C@@H]3C2)CCOCC4)nnn1-c1ccc(Cl)cc1. The molecular weight excluding hydrogens is 592 g/mol. The third-order valence-corrected chi connectivity index (χ3v) is 9.72. The molecule has 4 heterocycles. The van der Waals surface area contributed by atoms with Crippen LogP contribution in [0.3, 0.4) is 0 Å². The second-order valence-electron chi connectivity index (χ2n) is 12.3. The summed E-state index contributed by atoms with van der Waals surface area (Å²) >= 11 is 6.05. The van der Waals surface area contributed by atoms with Crippen molar-refractivity contribution < 1.29 is 19.1 Å². The van der Waals surface area contributed by atoms with Crippen molar-refractivity contribution in [3.8, 4) is 5.69 Å². The topological polar surface area (TPSA) is 118 Å². The van der Waals surface area contributed by atoms with Crippen LogP contribution in [0.15, 0.2) is 66.7 Å². The van der Waals surface area contributed by atoms with E-state index in [0.29, 0.717) is 81.2 Å². The molecule has 0 unspecified atom stereocenters. The number of hydrogen-bond acceptors (Lipinski definition) is 6. The Kier molecular flexibility index (Phi) is 9.32. The molecule has 0 radical (unpaired) electrons. The highest BCUT2D eigenvalue weighted by Gasteiger charge is 2.42. The van der Waals surface area contributed by atoms with Crippen LogP contribution in [0, 0.1) is 18.3 Å². The highest BCUT2D eigenvalue weighted by atomic mass is 35.5. The number of halogens is 1. The molecule has 2 saturated heterocycles. The van der Waals surface area contributed by atoms with Crippen LogP contribution >= 0.6 is 11.6 Å². The number of allylic oxidation sites excluding steroid dienone is 2. The molecule has 3 atom stereocenters. The maximum atomic E-state index is 13.9. The number of rotatable bonds is 4. The molecule has 0 saturated carbocycles. The number of amides is 3. The van der Waals surface area contributed by atoms with E-state index in [2.05, 4.69) is 33.1 Å². The number of carbonyl (C=O) groups excluding carboxylic acids is 3. The summed E-state index contributed by atoms with van der Waals surface area (Å²) in [5.74, 6) is -0.475. The molecule has 11 heteroatoms. The molecule has 3 aliphatic rings. The Bertz CT molecular complexity index is 1550. The van der Waals surface area contributed by atoms with Crippen LogP contribution in [0.25, 0.3) is 5.69 Å². The number of hydrogen-bond donors (Lipinski definition) is 2. The number of aromatic nitrogens is 3. The van der Waals surface area contributed by atoms with E-state index in [0.717, 1.165) is 11.3 Å². The van der Waals surface area contributed by atoms with Crippen LogP contribution in [0.2, 0.25) is 5.02 Å². The Morgan fingerprint density at radius 3 is 2.56 bits per heavy atom. The summed E-state index contributed by atoms with van der Waals surface area (Å²) < 4.78 is 7.25. The van der Waals surface area contributed by atoms with Crippen LogP contribution < -0.4 is 10.6 Å². The van der Waals surface area contributed by atoms with Gasteiger partial charge in [0.1, 0.15) is 6.04 Å². The summed E-state index contributed by atoms with van der Waals surface area (Å²) in [6.45, 7) is 3.80.